The molecular formula is C22H18F3N5O3S. The molecule has 0 amide bonds. The van der Waals surface area contributed by atoms with Crippen LogP contribution in [0.5, 0.6) is 11.6 Å². The van der Waals surface area contributed by atoms with E-state index < -0.39 is 26.7 Å². The van der Waals surface area contributed by atoms with Crippen molar-refractivity contribution in [1.29, 1.82) is 0 Å². The highest BCUT2D eigenvalue weighted by molar-refractivity contribution is 7.92. The lowest BCUT2D eigenvalue weighted by Gasteiger charge is -2.12. The largest absolute Gasteiger partial charge is 0.439 e. The van der Waals surface area contributed by atoms with Gasteiger partial charge in [0, 0.05) is 17.4 Å². The predicted octanol–water partition coefficient (Wildman–Crippen LogP) is 4.89. The molecule has 4 aromatic rings. The summed E-state index contributed by atoms with van der Waals surface area (Å²) >= 11 is 0. The number of sulfonamides is 1. The molecule has 0 aliphatic heterocycles. The zero-order valence-corrected chi connectivity index (χ0v) is 18.7. The number of rotatable bonds is 6. The van der Waals surface area contributed by atoms with E-state index in [1.807, 2.05) is 13.8 Å². The summed E-state index contributed by atoms with van der Waals surface area (Å²) in [6.07, 6.45) is -1.67. The molecule has 0 aliphatic carbocycles. The van der Waals surface area contributed by atoms with Gasteiger partial charge >= 0.3 is 6.18 Å². The molecule has 0 unspecified atom stereocenters. The molecule has 0 saturated heterocycles. The highest BCUT2D eigenvalue weighted by atomic mass is 32.2. The van der Waals surface area contributed by atoms with E-state index in [0.29, 0.717) is 17.6 Å². The van der Waals surface area contributed by atoms with Gasteiger partial charge < -0.3 is 4.74 Å². The van der Waals surface area contributed by atoms with E-state index in [1.54, 1.807) is 17.0 Å². The maximum atomic E-state index is 12.9. The second-order valence-electron chi connectivity index (χ2n) is 7.26. The summed E-state index contributed by atoms with van der Waals surface area (Å²) in [5.74, 6) is 1.19. The number of ether oxygens (including phenoxy) is 1. The summed E-state index contributed by atoms with van der Waals surface area (Å²) in [4.78, 5) is 12.0. The van der Waals surface area contributed by atoms with Crippen molar-refractivity contribution in [1.82, 2.24) is 19.5 Å². The van der Waals surface area contributed by atoms with Gasteiger partial charge in [-0.2, -0.15) is 13.2 Å². The quantitative estimate of drug-likeness (QED) is 0.414. The first kappa shape index (κ1) is 23.2. The second kappa shape index (κ2) is 8.78. The van der Waals surface area contributed by atoms with E-state index in [9.17, 15) is 21.6 Å². The van der Waals surface area contributed by atoms with Crippen molar-refractivity contribution < 1.29 is 26.3 Å². The van der Waals surface area contributed by atoms with Gasteiger partial charge in [-0.05, 0) is 56.3 Å². The molecule has 0 saturated carbocycles. The SMILES string of the molecule is Cc1ncn(-c2cc(Oc3ccc(NS(=O)(=O)c4cccc(C(F)(F)F)c4)cc3)ncn2)c1C. The lowest BCUT2D eigenvalue weighted by molar-refractivity contribution is -0.137. The fraction of sp³-hybridized carbons (Fsp3) is 0.136. The van der Waals surface area contributed by atoms with Gasteiger partial charge in [0.05, 0.1) is 16.2 Å². The van der Waals surface area contributed by atoms with Gasteiger partial charge in [-0.25, -0.2) is 23.4 Å². The zero-order valence-electron chi connectivity index (χ0n) is 17.9. The van der Waals surface area contributed by atoms with Crippen molar-refractivity contribution in [3.05, 3.63) is 84.2 Å². The smallest absolute Gasteiger partial charge is 0.416 e. The molecule has 0 fully saturated rings. The minimum absolute atomic E-state index is 0.151. The highest BCUT2D eigenvalue weighted by Crippen LogP contribution is 2.31. The number of imidazole rings is 1. The van der Waals surface area contributed by atoms with Gasteiger partial charge in [0.15, 0.2) is 0 Å². The monoisotopic (exact) mass is 489 g/mol. The van der Waals surface area contributed by atoms with E-state index >= 15 is 0 Å². The summed E-state index contributed by atoms with van der Waals surface area (Å²) in [6.45, 7) is 3.79. The molecule has 0 aliphatic rings. The van der Waals surface area contributed by atoms with Gasteiger partial charge in [0.1, 0.15) is 24.2 Å². The molecule has 1 N–H and O–H groups in total. The third kappa shape index (κ3) is 5.01. The molecule has 8 nitrogen and oxygen atoms in total. The third-order valence-corrected chi connectivity index (χ3v) is 6.31. The Labute approximate surface area is 193 Å². The minimum Gasteiger partial charge on any atom is -0.439 e. The van der Waals surface area contributed by atoms with E-state index in [2.05, 4.69) is 19.7 Å². The van der Waals surface area contributed by atoms with Gasteiger partial charge in [-0.15, -0.1) is 0 Å². The Hall–Kier alpha value is -3.93. The first-order chi connectivity index (χ1) is 16.0. The molecule has 34 heavy (non-hydrogen) atoms. The summed E-state index contributed by atoms with van der Waals surface area (Å²) in [7, 11) is -4.23. The van der Waals surface area contributed by atoms with E-state index in [1.165, 1.54) is 30.6 Å². The number of aryl methyl sites for hydroxylation is 1. The molecule has 0 spiro atoms. The number of alkyl halides is 3. The number of nitrogens with one attached hydrogen (secondary N) is 1. The van der Waals surface area contributed by atoms with Gasteiger partial charge in [-0.3, -0.25) is 9.29 Å². The van der Waals surface area contributed by atoms with Crippen LogP contribution in [0.1, 0.15) is 17.0 Å². The van der Waals surface area contributed by atoms with E-state index in [4.69, 9.17) is 4.74 Å². The summed E-state index contributed by atoms with van der Waals surface area (Å²) in [5.41, 5.74) is 0.883. The summed E-state index contributed by atoms with van der Waals surface area (Å²) in [6, 6.07) is 11.0. The number of hydrogen-bond acceptors (Lipinski definition) is 6. The van der Waals surface area contributed by atoms with Crippen LogP contribution in [0, 0.1) is 13.8 Å². The number of anilines is 1. The van der Waals surface area contributed by atoms with E-state index in [0.717, 1.165) is 29.6 Å². The predicted molar refractivity (Wildman–Crippen MR) is 117 cm³/mol. The Morgan fingerprint density at radius 1 is 0.971 bits per heavy atom. The van der Waals surface area contributed by atoms with Crippen LogP contribution in [0.4, 0.5) is 18.9 Å². The lowest BCUT2D eigenvalue weighted by atomic mass is 10.2. The van der Waals surface area contributed by atoms with Crippen LogP contribution >= 0.6 is 0 Å². The standard InChI is InChI=1S/C22H18F3N5O3S/c1-14-15(2)30(13-28-14)20-11-21(27-12-26-20)33-18-8-6-17(7-9-18)29-34(31,32)19-5-3-4-16(10-19)22(23,24)25/h3-13,29H,1-2H3. The Morgan fingerprint density at radius 2 is 1.71 bits per heavy atom. The maximum Gasteiger partial charge on any atom is 0.416 e. The molecule has 2 heterocycles. The fourth-order valence-electron chi connectivity index (χ4n) is 3.01. The van der Waals surface area contributed by atoms with Crippen molar-refractivity contribution in [3.8, 4) is 17.4 Å². The average Bonchev–Trinajstić information content (AvgIpc) is 3.13. The van der Waals surface area contributed by atoms with Crippen LogP contribution in [0.3, 0.4) is 0 Å². The molecular weight excluding hydrogens is 471 g/mol. The van der Waals surface area contributed by atoms with Crippen molar-refractivity contribution in [2.75, 3.05) is 4.72 Å². The minimum atomic E-state index is -4.65. The second-order valence-corrected chi connectivity index (χ2v) is 8.94. The number of benzene rings is 2. The third-order valence-electron chi connectivity index (χ3n) is 4.93. The van der Waals surface area contributed by atoms with Crippen LogP contribution in [-0.2, 0) is 16.2 Å². The van der Waals surface area contributed by atoms with Crippen LogP contribution < -0.4 is 9.46 Å². The molecule has 0 atom stereocenters. The van der Waals surface area contributed by atoms with Crippen molar-refractivity contribution in [3.63, 3.8) is 0 Å². The Morgan fingerprint density at radius 3 is 2.35 bits per heavy atom. The summed E-state index contributed by atoms with van der Waals surface area (Å²) < 4.78 is 73.5. The zero-order chi connectivity index (χ0) is 24.5. The molecule has 2 aromatic carbocycles. The number of hydrogen-bond donors (Lipinski definition) is 1. The lowest BCUT2D eigenvalue weighted by Crippen LogP contribution is -2.14. The first-order valence-corrected chi connectivity index (χ1v) is 11.3. The van der Waals surface area contributed by atoms with Crippen LogP contribution in [0.15, 0.2) is 72.1 Å². The topological polar surface area (TPSA) is 99.0 Å². The van der Waals surface area contributed by atoms with Crippen molar-refractivity contribution in [2.24, 2.45) is 0 Å². The first-order valence-electron chi connectivity index (χ1n) is 9.84. The Balaban J connectivity index is 1.49. The molecule has 0 bridgehead atoms. The molecule has 176 valence electrons. The molecule has 0 radical (unpaired) electrons. The van der Waals surface area contributed by atoms with Gasteiger partial charge in [-0.1, -0.05) is 6.07 Å². The molecule has 4 rings (SSSR count). The van der Waals surface area contributed by atoms with Gasteiger partial charge in [0.2, 0.25) is 5.88 Å². The van der Waals surface area contributed by atoms with Crippen LogP contribution in [-0.4, -0.2) is 27.9 Å². The number of nitrogens with zero attached hydrogens (tertiary/aromatic N) is 4. The normalized spacial score (nSPS) is 11.9. The number of halogens is 3. The Kier molecular flexibility index (Phi) is 6.00. The average molecular weight is 489 g/mol. The van der Waals surface area contributed by atoms with Crippen LogP contribution in [0.2, 0.25) is 0 Å². The molecule has 12 heteroatoms. The number of aromatic nitrogens is 4. The summed E-state index contributed by atoms with van der Waals surface area (Å²) in [5, 5.41) is 0. The van der Waals surface area contributed by atoms with Crippen molar-refractivity contribution >= 4 is 15.7 Å². The van der Waals surface area contributed by atoms with Gasteiger partial charge in [0.25, 0.3) is 10.0 Å². The fourth-order valence-corrected chi connectivity index (χ4v) is 4.12. The highest BCUT2D eigenvalue weighted by Gasteiger charge is 2.31. The van der Waals surface area contributed by atoms with Crippen molar-refractivity contribution in [2.45, 2.75) is 24.9 Å². The maximum absolute atomic E-state index is 12.9. The van der Waals surface area contributed by atoms with E-state index in [-0.39, 0.29) is 11.6 Å². The Bertz CT molecular complexity index is 1430. The molecule has 2 aromatic heterocycles. The van der Waals surface area contributed by atoms with Crippen LogP contribution in [0.25, 0.3) is 5.82 Å².